The molecule has 0 saturated carbocycles. The number of carbonyl (C=O) groups excluding carboxylic acids is 1. The highest BCUT2D eigenvalue weighted by molar-refractivity contribution is 7.89. The van der Waals surface area contributed by atoms with Crippen LogP contribution in [0.25, 0.3) is 0 Å². The Balaban J connectivity index is 1.44. The van der Waals surface area contributed by atoms with E-state index in [9.17, 15) is 21.6 Å². The van der Waals surface area contributed by atoms with Crippen LogP contribution in [0.5, 0.6) is 5.75 Å². The number of rotatable bonds is 11. The minimum atomic E-state index is -3.84. The monoisotopic (exact) mass is 790 g/mol. The maximum absolute atomic E-state index is 15.0. The van der Waals surface area contributed by atoms with Crippen LogP contribution in [0.2, 0.25) is 10.0 Å². The Hall–Kier alpha value is -3.24. The molecule has 16 heteroatoms. The molecule has 3 heterocycles. The van der Waals surface area contributed by atoms with Crippen molar-refractivity contribution >= 4 is 55.1 Å². The summed E-state index contributed by atoms with van der Waals surface area (Å²) >= 11 is 12.6. The van der Waals surface area contributed by atoms with Crippen molar-refractivity contribution < 1.29 is 26.4 Å². The van der Waals surface area contributed by atoms with Crippen LogP contribution in [0.1, 0.15) is 55.0 Å². The lowest BCUT2D eigenvalue weighted by molar-refractivity contribution is 0.120. The molecule has 0 spiro atoms. The molecule has 3 aromatic rings. The number of hydrogen-bond donors (Lipinski definition) is 1. The van der Waals surface area contributed by atoms with Crippen LogP contribution in [0, 0.1) is 0 Å². The van der Waals surface area contributed by atoms with Gasteiger partial charge in [-0.25, -0.2) is 26.4 Å². The minimum Gasteiger partial charge on any atom is -0.493 e. The largest absolute Gasteiger partial charge is 0.493 e. The summed E-state index contributed by atoms with van der Waals surface area (Å²) in [6, 6.07) is 17.9. The number of halogens is 2. The number of piperidine rings is 1. The van der Waals surface area contributed by atoms with Crippen molar-refractivity contribution in [3.63, 3.8) is 0 Å². The lowest BCUT2D eigenvalue weighted by Crippen LogP contribution is -2.54. The molecule has 12 nitrogen and oxygen atoms in total. The summed E-state index contributed by atoms with van der Waals surface area (Å²) < 4.78 is 61.3. The van der Waals surface area contributed by atoms with Gasteiger partial charge in [-0.15, -0.1) is 0 Å². The van der Waals surface area contributed by atoms with Crippen molar-refractivity contribution in [2.24, 2.45) is 4.99 Å². The molecule has 0 aliphatic carbocycles. The Morgan fingerprint density at radius 2 is 1.46 bits per heavy atom. The number of amidine groups is 1. The quantitative estimate of drug-likeness (QED) is 0.275. The molecule has 0 radical (unpaired) electrons. The molecule has 280 valence electrons. The number of benzene rings is 3. The molecular formula is C36H44Cl2N6O6S2. The standard InChI is InChI=1S/C36H44Cl2N6O6S2/c1-3-50-32-16-15-30(52(48,49)43-18-5-4-6-19-43)25-31(32)35-40-33(26-7-11-28(37)12-8-26)34(27-9-13-29(38)14-10-27)44(35)36(45)42-23-21-41(22-24-42)20-17-39-51(2,46)47/h7-16,25,33-34,39H,3-6,17-24H2,1-2H3/t33-,34+/m0/s1. The average Bonchev–Trinajstić information content (AvgIpc) is 3.52. The van der Waals surface area contributed by atoms with Gasteiger partial charge < -0.3 is 9.64 Å². The van der Waals surface area contributed by atoms with E-state index in [0.29, 0.717) is 79.6 Å². The second-order valence-electron chi connectivity index (χ2n) is 13.1. The molecule has 0 aromatic heterocycles. The van der Waals surface area contributed by atoms with Gasteiger partial charge in [-0.3, -0.25) is 14.8 Å². The SMILES string of the molecule is CCOc1ccc(S(=O)(=O)N2CCCCC2)cc1C1=N[C@@H](c2ccc(Cl)cc2)[C@@H](c2ccc(Cl)cc2)N1C(=O)N1CCN(CCNS(C)(=O)=O)CC1. The number of nitrogens with one attached hydrogen (secondary N) is 1. The molecular weight excluding hydrogens is 747 g/mol. The number of ether oxygens (including phenoxy) is 1. The first kappa shape index (κ1) is 38.5. The highest BCUT2D eigenvalue weighted by Gasteiger charge is 2.45. The highest BCUT2D eigenvalue weighted by Crippen LogP contribution is 2.46. The van der Waals surface area contributed by atoms with Crippen molar-refractivity contribution in [2.45, 2.75) is 43.2 Å². The van der Waals surface area contributed by atoms with Crippen LogP contribution >= 0.6 is 23.2 Å². The van der Waals surface area contributed by atoms with Crippen molar-refractivity contribution in [3.8, 4) is 5.75 Å². The van der Waals surface area contributed by atoms with Crippen molar-refractivity contribution in [1.82, 2.24) is 23.7 Å². The number of nitrogens with zero attached hydrogens (tertiary/aromatic N) is 5. The lowest BCUT2D eigenvalue weighted by Gasteiger charge is -2.39. The number of sulfonamides is 2. The Bertz CT molecular complexity index is 1980. The predicted octanol–water partition coefficient (Wildman–Crippen LogP) is 5.40. The fraction of sp³-hybridized carbons (Fsp3) is 0.444. The molecule has 2 amide bonds. The Morgan fingerprint density at radius 3 is 2.06 bits per heavy atom. The molecule has 3 aliphatic heterocycles. The van der Waals surface area contributed by atoms with Crippen LogP contribution in [-0.2, 0) is 20.0 Å². The van der Waals surface area contributed by atoms with E-state index in [1.165, 1.54) is 4.31 Å². The first-order valence-electron chi connectivity index (χ1n) is 17.5. The van der Waals surface area contributed by atoms with E-state index < -0.39 is 32.1 Å². The van der Waals surface area contributed by atoms with Crippen molar-refractivity contribution in [3.05, 3.63) is 93.5 Å². The van der Waals surface area contributed by atoms with Gasteiger partial charge in [0.25, 0.3) is 0 Å². The van der Waals surface area contributed by atoms with Gasteiger partial charge in [-0.05, 0) is 73.4 Å². The molecule has 52 heavy (non-hydrogen) atoms. The molecule has 1 N–H and O–H groups in total. The average molecular weight is 792 g/mol. The third-order valence-electron chi connectivity index (χ3n) is 9.58. The zero-order valence-electron chi connectivity index (χ0n) is 29.2. The lowest BCUT2D eigenvalue weighted by atomic mass is 9.93. The summed E-state index contributed by atoms with van der Waals surface area (Å²) in [5, 5.41) is 1.10. The zero-order chi connectivity index (χ0) is 37.0. The summed E-state index contributed by atoms with van der Waals surface area (Å²) in [6.07, 6.45) is 3.71. The maximum Gasteiger partial charge on any atom is 0.326 e. The van der Waals surface area contributed by atoms with Gasteiger partial charge in [0.15, 0.2) is 0 Å². The molecule has 3 aromatic carbocycles. The first-order valence-corrected chi connectivity index (χ1v) is 21.6. The van der Waals surface area contributed by atoms with Crippen LogP contribution in [0.3, 0.4) is 0 Å². The number of piperazine rings is 1. The molecule has 6 rings (SSSR count). The van der Waals surface area contributed by atoms with E-state index >= 15 is 0 Å². The van der Waals surface area contributed by atoms with E-state index in [4.69, 9.17) is 32.9 Å². The van der Waals surface area contributed by atoms with Crippen LogP contribution < -0.4 is 9.46 Å². The van der Waals surface area contributed by atoms with Gasteiger partial charge in [0.2, 0.25) is 20.0 Å². The van der Waals surface area contributed by atoms with Gasteiger partial charge in [-0.2, -0.15) is 4.31 Å². The molecule has 3 aliphatic rings. The van der Waals surface area contributed by atoms with Gasteiger partial charge in [-0.1, -0.05) is 53.9 Å². The highest BCUT2D eigenvalue weighted by atomic mass is 35.5. The topological polar surface area (TPSA) is 132 Å². The summed E-state index contributed by atoms with van der Waals surface area (Å²) in [5.74, 6) is 0.704. The van der Waals surface area contributed by atoms with Crippen LogP contribution in [0.4, 0.5) is 4.79 Å². The Morgan fingerprint density at radius 1 is 0.846 bits per heavy atom. The number of carbonyl (C=O) groups is 1. The summed E-state index contributed by atoms with van der Waals surface area (Å²) in [7, 11) is -7.15. The van der Waals surface area contributed by atoms with E-state index in [1.807, 2.05) is 31.2 Å². The van der Waals surface area contributed by atoms with E-state index in [-0.39, 0.29) is 17.5 Å². The van der Waals surface area contributed by atoms with E-state index in [2.05, 4.69) is 9.62 Å². The molecule has 2 fully saturated rings. The molecule has 2 saturated heterocycles. The van der Waals surface area contributed by atoms with Gasteiger partial charge in [0.1, 0.15) is 17.6 Å². The van der Waals surface area contributed by atoms with Crippen molar-refractivity contribution in [1.29, 1.82) is 0 Å². The minimum absolute atomic E-state index is 0.109. The number of amides is 2. The second-order valence-corrected chi connectivity index (χ2v) is 17.8. The summed E-state index contributed by atoms with van der Waals surface area (Å²) in [5.41, 5.74) is 2.00. The number of hydrogen-bond acceptors (Lipinski definition) is 8. The Kier molecular flexibility index (Phi) is 12.1. The normalized spacial score (nSPS) is 20.6. The van der Waals surface area contributed by atoms with Crippen LogP contribution in [0.15, 0.2) is 76.6 Å². The first-order chi connectivity index (χ1) is 24.9. The fourth-order valence-corrected chi connectivity index (χ4v) is 9.20. The molecule has 2 atom stereocenters. The third-order valence-corrected chi connectivity index (χ3v) is 12.7. The fourth-order valence-electron chi connectivity index (χ4n) is 6.94. The Labute approximate surface area is 316 Å². The van der Waals surface area contributed by atoms with E-state index in [0.717, 1.165) is 36.6 Å². The number of aliphatic imine (C=N–C) groups is 1. The summed E-state index contributed by atoms with van der Waals surface area (Å²) in [4.78, 5) is 25.9. The van der Waals surface area contributed by atoms with E-state index in [1.54, 1.807) is 52.3 Å². The summed E-state index contributed by atoms with van der Waals surface area (Å²) in [6.45, 7) is 5.69. The van der Waals surface area contributed by atoms with Gasteiger partial charge in [0, 0.05) is 62.4 Å². The maximum atomic E-state index is 15.0. The van der Waals surface area contributed by atoms with Gasteiger partial charge >= 0.3 is 6.03 Å². The second kappa shape index (κ2) is 16.4. The predicted molar refractivity (Wildman–Crippen MR) is 203 cm³/mol. The van der Waals surface area contributed by atoms with Crippen molar-refractivity contribution in [2.75, 3.05) is 65.2 Å². The number of urea groups is 1. The third kappa shape index (κ3) is 8.75. The van der Waals surface area contributed by atoms with Crippen LogP contribution in [-0.4, -0.2) is 113 Å². The van der Waals surface area contributed by atoms with Gasteiger partial charge in [0.05, 0.1) is 29.4 Å². The molecule has 0 bridgehead atoms. The zero-order valence-corrected chi connectivity index (χ0v) is 32.4. The molecule has 0 unspecified atom stereocenters. The smallest absolute Gasteiger partial charge is 0.326 e.